The highest BCUT2D eigenvalue weighted by Gasteiger charge is 2.20. The molecule has 0 spiro atoms. The SMILES string of the molecule is CCC(C)(O)CNc1cc(Br)nc(C(C)(C)C)n1. The summed E-state index contributed by atoms with van der Waals surface area (Å²) >= 11 is 3.39. The first-order chi connectivity index (χ1) is 8.14. The Morgan fingerprint density at radius 1 is 1.28 bits per heavy atom. The number of anilines is 1. The van der Waals surface area contributed by atoms with E-state index in [9.17, 15) is 5.11 Å². The lowest BCUT2D eigenvalue weighted by atomic mass is 9.96. The summed E-state index contributed by atoms with van der Waals surface area (Å²) in [6.07, 6.45) is 0.693. The van der Waals surface area contributed by atoms with Gasteiger partial charge in [-0.2, -0.15) is 0 Å². The van der Waals surface area contributed by atoms with E-state index in [4.69, 9.17) is 0 Å². The van der Waals surface area contributed by atoms with E-state index >= 15 is 0 Å². The fraction of sp³-hybridized carbons (Fsp3) is 0.692. The van der Waals surface area contributed by atoms with E-state index in [0.29, 0.717) is 13.0 Å². The largest absolute Gasteiger partial charge is 0.388 e. The third kappa shape index (κ3) is 4.53. The Labute approximate surface area is 117 Å². The average molecular weight is 316 g/mol. The van der Waals surface area contributed by atoms with Gasteiger partial charge in [0.05, 0.1) is 5.60 Å². The van der Waals surface area contributed by atoms with Gasteiger partial charge in [0, 0.05) is 18.0 Å². The fourth-order valence-electron chi connectivity index (χ4n) is 1.25. The molecule has 0 bridgehead atoms. The zero-order valence-corrected chi connectivity index (χ0v) is 13.3. The quantitative estimate of drug-likeness (QED) is 0.838. The van der Waals surface area contributed by atoms with Gasteiger partial charge in [-0.1, -0.05) is 27.7 Å². The Bertz CT molecular complexity index is 413. The normalized spacial score (nSPS) is 15.3. The van der Waals surface area contributed by atoms with Gasteiger partial charge in [0.25, 0.3) is 0 Å². The van der Waals surface area contributed by atoms with Crippen molar-refractivity contribution in [2.75, 3.05) is 11.9 Å². The number of hydrogen-bond donors (Lipinski definition) is 2. The second kappa shape index (κ2) is 5.53. The standard InChI is InChI=1S/C13H22BrN3O/c1-6-13(5,18)8-15-10-7-9(14)16-11(17-10)12(2,3)4/h7,18H,6,8H2,1-5H3,(H,15,16,17). The van der Waals surface area contributed by atoms with E-state index in [2.05, 4.69) is 52.0 Å². The number of halogens is 1. The molecule has 1 rings (SSSR count). The van der Waals surface area contributed by atoms with E-state index < -0.39 is 5.60 Å². The number of hydrogen-bond acceptors (Lipinski definition) is 4. The molecule has 0 aliphatic rings. The Morgan fingerprint density at radius 2 is 1.89 bits per heavy atom. The van der Waals surface area contributed by atoms with Crippen molar-refractivity contribution in [2.24, 2.45) is 0 Å². The highest BCUT2D eigenvalue weighted by Crippen LogP contribution is 2.22. The molecule has 1 atom stereocenters. The molecule has 1 aromatic heterocycles. The van der Waals surface area contributed by atoms with Gasteiger partial charge in [-0.3, -0.25) is 0 Å². The van der Waals surface area contributed by atoms with Gasteiger partial charge in [-0.05, 0) is 29.3 Å². The maximum Gasteiger partial charge on any atom is 0.137 e. The summed E-state index contributed by atoms with van der Waals surface area (Å²) in [7, 11) is 0. The van der Waals surface area contributed by atoms with Gasteiger partial charge < -0.3 is 10.4 Å². The van der Waals surface area contributed by atoms with Crippen LogP contribution >= 0.6 is 15.9 Å². The molecule has 18 heavy (non-hydrogen) atoms. The topological polar surface area (TPSA) is 58.0 Å². The van der Waals surface area contributed by atoms with E-state index in [-0.39, 0.29) is 5.41 Å². The minimum Gasteiger partial charge on any atom is -0.388 e. The van der Waals surface area contributed by atoms with E-state index in [0.717, 1.165) is 16.2 Å². The smallest absolute Gasteiger partial charge is 0.137 e. The maximum atomic E-state index is 9.97. The third-order valence-corrected chi connectivity index (χ3v) is 3.18. The van der Waals surface area contributed by atoms with Crippen LogP contribution in [0.15, 0.2) is 10.7 Å². The lowest BCUT2D eigenvalue weighted by Crippen LogP contribution is -2.33. The van der Waals surface area contributed by atoms with Crippen LogP contribution in [0.2, 0.25) is 0 Å². The van der Waals surface area contributed by atoms with Crippen molar-refractivity contribution in [3.05, 3.63) is 16.5 Å². The summed E-state index contributed by atoms with van der Waals surface area (Å²) in [6, 6.07) is 1.82. The van der Waals surface area contributed by atoms with Gasteiger partial charge in [0.15, 0.2) is 0 Å². The molecule has 0 saturated carbocycles. The minimum atomic E-state index is -0.723. The number of nitrogens with one attached hydrogen (secondary N) is 1. The van der Waals surface area contributed by atoms with Crippen LogP contribution in [0.1, 0.15) is 46.9 Å². The van der Waals surface area contributed by atoms with Gasteiger partial charge in [-0.15, -0.1) is 0 Å². The van der Waals surface area contributed by atoms with Gasteiger partial charge in [-0.25, -0.2) is 9.97 Å². The van der Waals surface area contributed by atoms with Crippen LogP contribution in [-0.2, 0) is 5.41 Å². The molecule has 0 radical (unpaired) electrons. The molecule has 0 aromatic carbocycles. The van der Waals surface area contributed by atoms with Crippen molar-refractivity contribution in [1.82, 2.24) is 9.97 Å². The fourth-order valence-corrected chi connectivity index (χ4v) is 1.63. The lowest BCUT2D eigenvalue weighted by molar-refractivity contribution is 0.0696. The van der Waals surface area contributed by atoms with E-state index in [1.165, 1.54) is 0 Å². The molecule has 0 aliphatic carbocycles. The highest BCUT2D eigenvalue weighted by atomic mass is 79.9. The van der Waals surface area contributed by atoms with E-state index in [1.807, 2.05) is 13.0 Å². The molecule has 0 aliphatic heterocycles. The molecule has 1 heterocycles. The van der Waals surface area contributed by atoms with Gasteiger partial charge in [0.2, 0.25) is 0 Å². The Hall–Kier alpha value is -0.680. The van der Waals surface area contributed by atoms with Crippen molar-refractivity contribution >= 4 is 21.7 Å². The van der Waals surface area contributed by atoms with Crippen LogP contribution in [-0.4, -0.2) is 27.2 Å². The van der Waals surface area contributed by atoms with Crippen LogP contribution in [0.4, 0.5) is 5.82 Å². The third-order valence-electron chi connectivity index (χ3n) is 2.78. The van der Waals surface area contributed by atoms with Gasteiger partial charge in [0.1, 0.15) is 16.2 Å². The van der Waals surface area contributed by atoms with Gasteiger partial charge >= 0.3 is 0 Å². The Balaban J connectivity index is 2.88. The first kappa shape index (κ1) is 15.4. The Morgan fingerprint density at radius 3 is 2.39 bits per heavy atom. The Kier molecular flexibility index (Phi) is 4.72. The molecule has 0 amide bonds. The summed E-state index contributed by atoms with van der Waals surface area (Å²) in [4.78, 5) is 8.85. The van der Waals surface area contributed by atoms with Crippen molar-refractivity contribution in [3.63, 3.8) is 0 Å². The maximum absolute atomic E-state index is 9.97. The van der Waals surface area contributed by atoms with Crippen LogP contribution in [0.25, 0.3) is 0 Å². The average Bonchev–Trinajstić information content (AvgIpc) is 2.25. The summed E-state index contributed by atoms with van der Waals surface area (Å²) < 4.78 is 0.751. The monoisotopic (exact) mass is 315 g/mol. The summed E-state index contributed by atoms with van der Waals surface area (Å²) in [5.74, 6) is 1.51. The zero-order valence-electron chi connectivity index (χ0n) is 11.7. The summed E-state index contributed by atoms with van der Waals surface area (Å²) in [6.45, 7) is 10.4. The van der Waals surface area contributed by atoms with E-state index in [1.54, 1.807) is 6.92 Å². The number of nitrogens with zero attached hydrogens (tertiary/aromatic N) is 2. The lowest BCUT2D eigenvalue weighted by Gasteiger charge is -2.23. The minimum absolute atomic E-state index is 0.104. The first-order valence-electron chi connectivity index (χ1n) is 6.15. The van der Waals surface area contributed by atoms with Crippen LogP contribution in [0.3, 0.4) is 0 Å². The first-order valence-corrected chi connectivity index (χ1v) is 6.95. The second-order valence-electron chi connectivity index (χ2n) is 5.85. The molecule has 0 saturated heterocycles. The summed E-state index contributed by atoms with van der Waals surface area (Å²) in [5.41, 5.74) is -0.827. The zero-order chi connectivity index (χ0) is 14.0. The second-order valence-corrected chi connectivity index (χ2v) is 6.67. The van der Waals surface area contributed by atoms with Crippen molar-refractivity contribution < 1.29 is 5.11 Å². The molecule has 0 fully saturated rings. The molecular weight excluding hydrogens is 294 g/mol. The molecule has 1 unspecified atom stereocenters. The number of rotatable bonds is 4. The predicted molar refractivity (Wildman–Crippen MR) is 77.8 cm³/mol. The molecular formula is C13H22BrN3O. The van der Waals surface area contributed by atoms with Crippen molar-refractivity contribution in [1.29, 1.82) is 0 Å². The molecule has 2 N–H and O–H groups in total. The van der Waals surface area contributed by atoms with Crippen LogP contribution in [0, 0.1) is 0 Å². The molecule has 5 heteroatoms. The van der Waals surface area contributed by atoms with Crippen molar-refractivity contribution in [2.45, 2.75) is 52.1 Å². The van der Waals surface area contributed by atoms with Crippen LogP contribution in [0.5, 0.6) is 0 Å². The number of aromatic nitrogens is 2. The number of aliphatic hydroxyl groups is 1. The molecule has 102 valence electrons. The summed E-state index contributed by atoms with van der Waals surface area (Å²) in [5, 5.41) is 13.1. The van der Waals surface area contributed by atoms with Crippen LogP contribution < -0.4 is 5.32 Å². The highest BCUT2D eigenvalue weighted by molar-refractivity contribution is 9.10. The molecule has 1 aromatic rings. The van der Waals surface area contributed by atoms with Crippen molar-refractivity contribution in [3.8, 4) is 0 Å². The predicted octanol–water partition coefficient (Wildman–Crippen LogP) is 3.11. The molecule has 4 nitrogen and oxygen atoms in total.